The lowest BCUT2D eigenvalue weighted by Gasteiger charge is -2.18. The van der Waals surface area contributed by atoms with E-state index in [0.29, 0.717) is 12.5 Å². The van der Waals surface area contributed by atoms with Crippen LogP contribution < -0.4 is 5.32 Å². The zero-order chi connectivity index (χ0) is 13.5. The Bertz CT molecular complexity index is 376. The second-order valence-corrected chi connectivity index (χ2v) is 4.58. The maximum absolute atomic E-state index is 11.6. The summed E-state index contributed by atoms with van der Waals surface area (Å²) in [7, 11) is 1.41. The van der Waals surface area contributed by atoms with Crippen molar-refractivity contribution < 1.29 is 9.53 Å². The number of ether oxygens (including phenoxy) is 1. The van der Waals surface area contributed by atoms with Crippen LogP contribution in [0, 0.1) is 5.92 Å². The Labute approximate surface area is 108 Å². The topological polar surface area (TPSA) is 69.0 Å². The zero-order valence-electron chi connectivity index (χ0n) is 11.5. The molecule has 0 amide bonds. The minimum Gasteiger partial charge on any atom is -0.468 e. The minimum atomic E-state index is -0.294. The first kappa shape index (κ1) is 14.6. The molecule has 6 nitrogen and oxygen atoms in total. The SMILES string of the molecule is CCn1ncnc1CNC(CC(C)C)C(=O)OC. The number of carbonyl (C=O) groups is 1. The molecule has 0 fully saturated rings. The lowest BCUT2D eigenvalue weighted by atomic mass is 10.0. The fourth-order valence-corrected chi connectivity index (χ4v) is 1.78. The number of rotatable bonds is 7. The second-order valence-electron chi connectivity index (χ2n) is 4.58. The van der Waals surface area contributed by atoms with Crippen molar-refractivity contribution in [2.75, 3.05) is 7.11 Å². The van der Waals surface area contributed by atoms with Crippen LogP contribution in [-0.2, 0) is 22.6 Å². The van der Waals surface area contributed by atoms with E-state index in [1.807, 2.05) is 6.92 Å². The van der Waals surface area contributed by atoms with E-state index in [1.165, 1.54) is 13.4 Å². The highest BCUT2D eigenvalue weighted by Gasteiger charge is 2.20. The summed E-state index contributed by atoms with van der Waals surface area (Å²) in [5.41, 5.74) is 0. The van der Waals surface area contributed by atoms with Crippen LogP contribution in [0.15, 0.2) is 6.33 Å². The van der Waals surface area contributed by atoms with Crippen molar-refractivity contribution in [2.45, 2.75) is 46.3 Å². The van der Waals surface area contributed by atoms with Gasteiger partial charge in [-0.1, -0.05) is 13.8 Å². The number of nitrogens with zero attached hydrogens (tertiary/aromatic N) is 3. The molecule has 0 aliphatic heterocycles. The Morgan fingerprint density at radius 3 is 2.83 bits per heavy atom. The lowest BCUT2D eigenvalue weighted by molar-refractivity contribution is -0.143. The van der Waals surface area contributed by atoms with Gasteiger partial charge in [0.05, 0.1) is 13.7 Å². The van der Waals surface area contributed by atoms with Gasteiger partial charge in [-0.2, -0.15) is 5.10 Å². The Morgan fingerprint density at radius 2 is 2.28 bits per heavy atom. The van der Waals surface area contributed by atoms with E-state index in [4.69, 9.17) is 4.74 Å². The summed E-state index contributed by atoms with van der Waals surface area (Å²) in [5.74, 6) is 1.02. The van der Waals surface area contributed by atoms with E-state index < -0.39 is 0 Å². The van der Waals surface area contributed by atoms with E-state index in [9.17, 15) is 4.79 Å². The Kier molecular flexibility index (Phi) is 5.77. The second kappa shape index (κ2) is 7.10. The third kappa shape index (κ3) is 4.10. The minimum absolute atomic E-state index is 0.230. The normalized spacial score (nSPS) is 12.7. The quantitative estimate of drug-likeness (QED) is 0.734. The predicted molar refractivity (Wildman–Crippen MR) is 67.8 cm³/mol. The standard InChI is InChI=1S/C12H22N4O2/c1-5-16-11(14-8-15-16)7-13-10(6-9(2)3)12(17)18-4/h8-10,13H,5-7H2,1-4H3. The highest BCUT2D eigenvalue weighted by Crippen LogP contribution is 2.07. The maximum atomic E-state index is 11.6. The van der Waals surface area contributed by atoms with Crippen LogP contribution in [0.5, 0.6) is 0 Å². The van der Waals surface area contributed by atoms with Crippen molar-refractivity contribution in [3.63, 3.8) is 0 Å². The Hall–Kier alpha value is -1.43. The number of methoxy groups -OCH3 is 1. The van der Waals surface area contributed by atoms with Gasteiger partial charge in [-0.25, -0.2) is 9.67 Å². The summed E-state index contributed by atoms with van der Waals surface area (Å²) >= 11 is 0. The lowest BCUT2D eigenvalue weighted by Crippen LogP contribution is -2.38. The molecule has 0 saturated heterocycles. The van der Waals surface area contributed by atoms with Crippen molar-refractivity contribution in [3.05, 3.63) is 12.2 Å². The van der Waals surface area contributed by atoms with E-state index in [-0.39, 0.29) is 12.0 Å². The first-order chi connectivity index (χ1) is 8.58. The molecule has 1 N–H and O–H groups in total. The van der Waals surface area contributed by atoms with Crippen molar-refractivity contribution in [3.8, 4) is 0 Å². The van der Waals surface area contributed by atoms with Crippen LogP contribution in [0.3, 0.4) is 0 Å². The van der Waals surface area contributed by atoms with Gasteiger partial charge < -0.3 is 4.74 Å². The molecule has 0 saturated carbocycles. The molecule has 0 spiro atoms. The molecule has 1 aromatic rings. The average Bonchev–Trinajstić information content (AvgIpc) is 2.80. The van der Waals surface area contributed by atoms with Crippen molar-refractivity contribution in [1.82, 2.24) is 20.1 Å². The van der Waals surface area contributed by atoms with E-state index in [1.54, 1.807) is 4.68 Å². The number of nitrogens with one attached hydrogen (secondary N) is 1. The molecule has 1 aromatic heterocycles. The number of aryl methyl sites for hydroxylation is 1. The fourth-order valence-electron chi connectivity index (χ4n) is 1.78. The van der Waals surface area contributed by atoms with E-state index in [0.717, 1.165) is 18.8 Å². The number of esters is 1. The highest BCUT2D eigenvalue weighted by molar-refractivity contribution is 5.75. The van der Waals surface area contributed by atoms with Gasteiger partial charge in [-0.3, -0.25) is 10.1 Å². The van der Waals surface area contributed by atoms with Gasteiger partial charge in [-0.15, -0.1) is 0 Å². The van der Waals surface area contributed by atoms with E-state index in [2.05, 4.69) is 29.2 Å². The first-order valence-corrected chi connectivity index (χ1v) is 6.26. The zero-order valence-corrected chi connectivity index (χ0v) is 11.5. The smallest absolute Gasteiger partial charge is 0.322 e. The third-order valence-corrected chi connectivity index (χ3v) is 2.69. The van der Waals surface area contributed by atoms with Crippen LogP contribution in [0.1, 0.15) is 33.0 Å². The molecule has 102 valence electrons. The molecule has 18 heavy (non-hydrogen) atoms. The molecule has 0 aromatic carbocycles. The number of hydrogen-bond donors (Lipinski definition) is 1. The average molecular weight is 254 g/mol. The van der Waals surface area contributed by atoms with Gasteiger partial charge in [-0.05, 0) is 19.3 Å². The van der Waals surface area contributed by atoms with Crippen LogP contribution in [0.2, 0.25) is 0 Å². The molecule has 1 atom stereocenters. The summed E-state index contributed by atoms with van der Waals surface area (Å²) in [5, 5.41) is 7.27. The molecule has 0 radical (unpaired) electrons. The summed E-state index contributed by atoms with van der Waals surface area (Å²) in [6.45, 7) is 7.44. The largest absolute Gasteiger partial charge is 0.468 e. The molecule has 1 heterocycles. The summed E-state index contributed by atoms with van der Waals surface area (Å²) in [4.78, 5) is 15.8. The Morgan fingerprint density at radius 1 is 1.56 bits per heavy atom. The molecule has 0 bridgehead atoms. The summed E-state index contributed by atoms with van der Waals surface area (Å²) in [6, 6.07) is -0.294. The van der Waals surface area contributed by atoms with Gasteiger partial charge in [0.25, 0.3) is 0 Å². The maximum Gasteiger partial charge on any atom is 0.322 e. The van der Waals surface area contributed by atoms with Crippen molar-refractivity contribution in [1.29, 1.82) is 0 Å². The van der Waals surface area contributed by atoms with Gasteiger partial charge in [0.2, 0.25) is 0 Å². The Balaban J connectivity index is 2.58. The summed E-state index contributed by atoms with van der Waals surface area (Å²) in [6.07, 6.45) is 2.27. The predicted octanol–water partition coefficient (Wildman–Crippen LogP) is 0.975. The molecular formula is C12H22N4O2. The van der Waals surface area contributed by atoms with Crippen LogP contribution in [-0.4, -0.2) is 33.9 Å². The van der Waals surface area contributed by atoms with Crippen molar-refractivity contribution in [2.24, 2.45) is 5.92 Å². The van der Waals surface area contributed by atoms with E-state index >= 15 is 0 Å². The molecule has 0 aliphatic rings. The van der Waals surface area contributed by atoms with Crippen molar-refractivity contribution >= 4 is 5.97 Å². The third-order valence-electron chi connectivity index (χ3n) is 2.69. The van der Waals surface area contributed by atoms with Gasteiger partial charge >= 0.3 is 5.97 Å². The molecule has 6 heteroatoms. The molecule has 1 rings (SSSR count). The highest BCUT2D eigenvalue weighted by atomic mass is 16.5. The number of aromatic nitrogens is 3. The molecule has 1 unspecified atom stereocenters. The monoisotopic (exact) mass is 254 g/mol. The van der Waals surface area contributed by atoms with Gasteiger partial charge in [0, 0.05) is 6.54 Å². The molecular weight excluding hydrogens is 232 g/mol. The summed E-state index contributed by atoms with van der Waals surface area (Å²) < 4.78 is 6.60. The van der Waals surface area contributed by atoms with Gasteiger partial charge in [0.15, 0.2) is 0 Å². The number of carbonyl (C=O) groups excluding carboxylic acids is 1. The fraction of sp³-hybridized carbons (Fsp3) is 0.750. The van der Waals surface area contributed by atoms with Crippen LogP contribution >= 0.6 is 0 Å². The van der Waals surface area contributed by atoms with Gasteiger partial charge in [0.1, 0.15) is 18.2 Å². The van der Waals surface area contributed by atoms with Crippen LogP contribution in [0.4, 0.5) is 0 Å². The first-order valence-electron chi connectivity index (χ1n) is 6.26. The number of hydrogen-bond acceptors (Lipinski definition) is 5. The van der Waals surface area contributed by atoms with Crippen LogP contribution in [0.25, 0.3) is 0 Å². The molecule has 0 aliphatic carbocycles.